The van der Waals surface area contributed by atoms with Crippen molar-refractivity contribution in [2.75, 3.05) is 23.8 Å². The molecular formula is C22H21N3O2S. The zero-order valence-electron chi connectivity index (χ0n) is 15.7. The van der Waals surface area contributed by atoms with Gasteiger partial charge in [0.15, 0.2) is 11.3 Å². The number of hydrogen-bond acceptors (Lipinski definition) is 6. The molecule has 1 aliphatic heterocycles. The first-order valence-electron chi connectivity index (χ1n) is 8.93. The molecule has 28 heavy (non-hydrogen) atoms. The molecule has 1 N–H and O–H groups in total. The van der Waals surface area contributed by atoms with Crippen LogP contribution in [0.1, 0.15) is 11.7 Å². The Morgan fingerprint density at radius 3 is 2.21 bits per heavy atom. The summed E-state index contributed by atoms with van der Waals surface area (Å²) in [6, 6.07) is 26.0. The number of aliphatic imine (C=N–C) groups is 1. The summed E-state index contributed by atoms with van der Waals surface area (Å²) < 4.78 is 13.3. The zero-order chi connectivity index (χ0) is 19.3. The minimum atomic E-state index is -0.247. The van der Waals surface area contributed by atoms with Crippen molar-refractivity contribution in [2.24, 2.45) is 4.99 Å². The van der Waals surface area contributed by atoms with Crippen LogP contribution >= 0.6 is 11.9 Å². The normalized spacial score (nSPS) is 15.9. The van der Waals surface area contributed by atoms with Crippen molar-refractivity contribution in [3.8, 4) is 11.5 Å². The van der Waals surface area contributed by atoms with Gasteiger partial charge in [-0.25, -0.2) is 4.99 Å². The molecule has 0 aliphatic carbocycles. The number of nitrogens with zero attached hydrogens (tertiary/aromatic N) is 2. The molecule has 0 spiro atoms. The summed E-state index contributed by atoms with van der Waals surface area (Å²) in [5, 5.41) is 4.22. The second kappa shape index (κ2) is 8.27. The van der Waals surface area contributed by atoms with E-state index in [1.807, 2.05) is 78.9 Å². The molecule has 5 nitrogen and oxygen atoms in total. The molecule has 0 bridgehead atoms. The highest BCUT2D eigenvalue weighted by Crippen LogP contribution is 2.46. The van der Waals surface area contributed by atoms with Crippen molar-refractivity contribution < 1.29 is 9.47 Å². The summed E-state index contributed by atoms with van der Waals surface area (Å²) in [4.78, 5) is 4.95. The maximum absolute atomic E-state index is 5.60. The molecule has 6 heteroatoms. The van der Waals surface area contributed by atoms with Crippen LogP contribution in [0.3, 0.4) is 0 Å². The van der Waals surface area contributed by atoms with Crippen molar-refractivity contribution in [3.63, 3.8) is 0 Å². The van der Waals surface area contributed by atoms with E-state index in [1.165, 1.54) is 0 Å². The lowest BCUT2D eigenvalue weighted by Gasteiger charge is -2.26. The number of amidine groups is 1. The van der Waals surface area contributed by atoms with E-state index in [2.05, 4.69) is 9.62 Å². The average molecular weight is 391 g/mol. The van der Waals surface area contributed by atoms with Crippen LogP contribution in [0.25, 0.3) is 0 Å². The number of para-hydroxylation sites is 4. The van der Waals surface area contributed by atoms with E-state index in [0.717, 1.165) is 33.6 Å². The molecule has 4 rings (SSSR count). The van der Waals surface area contributed by atoms with Crippen LogP contribution in [0.15, 0.2) is 83.9 Å². The molecule has 3 aromatic rings. The summed E-state index contributed by atoms with van der Waals surface area (Å²) in [6.45, 7) is 0. The van der Waals surface area contributed by atoms with Crippen LogP contribution in [0, 0.1) is 0 Å². The number of methoxy groups -OCH3 is 2. The standard InChI is InChI=1S/C22H21N3O2S/c1-26-19-14-8-6-12-17(19)21-24-22(23-16-10-4-3-5-11-16)28-25(21)18-13-7-9-15-20(18)27-2/h3-15,21H,1-2H3,(H,23,24). The summed E-state index contributed by atoms with van der Waals surface area (Å²) in [7, 11) is 3.36. The van der Waals surface area contributed by atoms with Gasteiger partial charge in [0.1, 0.15) is 11.5 Å². The monoisotopic (exact) mass is 391 g/mol. The van der Waals surface area contributed by atoms with Gasteiger partial charge in [0.2, 0.25) is 0 Å². The second-order valence-corrected chi connectivity index (χ2v) is 7.09. The average Bonchev–Trinajstić information content (AvgIpc) is 3.17. The minimum Gasteiger partial charge on any atom is -0.496 e. The number of anilines is 2. The van der Waals surface area contributed by atoms with Gasteiger partial charge in [-0.15, -0.1) is 0 Å². The Bertz CT molecular complexity index is 978. The maximum atomic E-state index is 5.60. The minimum absolute atomic E-state index is 0.247. The molecule has 0 radical (unpaired) electrons. The highest BCUT2D eigenvalue weighted by Gasteiger charge is 2.33. The predicted octanol–water partition coefficient (Wildman–Crippen LogP) is 5.34. The highest BCUT2D eigenvalue weighted by molar-refractivity contribution is 8.15. The third-order valence-electron chi connectivity index (χ3n) is 4.41. The Hall–Kier alpha value is -3.12. The maximum Gasteiger partial charge on any atom is 0.184 e. The third-order valence-corrected chi connectivity index (χ3v) is 5.38. The number of benzene rings is 3. The van der Waals surface area contributed by atoms with Gasteiger partial charge in [-0.3, -0.25) is 4.31 Å². The number of nitrogens with one attached hydrogen (secondary N) is 1. The molecule has 1 atom stereocenters. The molecule has 1 aliphatic rings. The first kappa shape index (κ1) is 18.3. The van der Waals surface area contributed by atoms with Crippen molar-refractivity contribution in [3.05, 3.63) is 84.4 Å². The van der Waals surface area contributed by atoms with E-state index in [0.29, 0.717) is 0 Å². The molecule has 1 heterocycles. The molecule has 142 valence electrons. The van der Waals surface area contributed by atoms with E-state index in [4.69, 9.17) is 14.5 Å². The van der Waals surface area contributed by atoms with Gasteiger partial charge in [0, 0.05) is 23.2 Å². The molecule has 1 unspecified atom stereocenters. The van der Waals surface area contributed by atoms with Gasteiger partial charge in [-0.05, 0) is 30.3 Å². The van der Waals surface area contributed by atoms with Crippen LogP contribution in [0.2, 0.25) is 0 Å². The lowest BCUT2D eigenvalue weighted by atomic mass is 10.1. The van der Waals surface area contributed by atoms with Crippen LogP contribution in [0.4, 0.5) is 11.4 Å². The Labute approximate surface area is 169 Å². The number of rotatable bonds is 5. The van der Waals surface area contributed by atoms with Gasteiger partial charge in [-0.1, -0.05) is 48.5 Å². The Kier molecular flexibility index (Phi) is 5.39. The largest absolute Gasteiger partial charge is 0.496 e. The summed E-state index contributed by atoms with van der Waals surface area (Å²) in [5.74, 6) is 1.60. The quantitative estimate of drug-likeness (QED) is 0.595. The van der Waals surface area contributed by atoms with Crippen molar-refractivity contribution in [1.82, 2.24) is 0 Å². The van der Waals surface area contributed by atoms with Gasteiger partial charge >= 0.3 is 0 Å². The van der Waals surface area contributed by atoms with Crippen LogP contribution in [0.5, 0.6) is 11.5 Å². The van der Waals surface area contributed by atoms with E-state index >= 15 is 0 Å². The SMILES string of the molecule is COc1ccccc1C1N=C(Nc2ccccc2)SN1c1ccccc1OC. The van der Waals surface area contributed by atoms with Gasteiger partial charge < -0.3 is 14.8 Å². The molecule has 3 aromatic carbocycles. The summed E-state index contributed by atoms with van der Waals surface area (Å²) in [5.41, 5.74) is 2.95. The molecule has 0 amide bonds. The molecule has 0 saturated carbocycles. The zero-order valence-corrected chi connectivity index (χ0v) is 16.5. The van der Waals surface area contributed by atoms with Gasteiger partial charge in [0.05, 0.1) is 19.9 Å². The van der Waals surface area contributed by atoms with Crippen molar-refractivity contribution in [2.45, 2.75) is 6.17 Å². The number of ether oxygens (including phenoxy) is 2. The van der Waals surface area contributed by atoms with Crippen molar-refractivity contribution in [1.29, 1.82) is 0 Å². The molecule has 0 saturated heterocycles. The lowest BCUT2D eigenvalue weighted by Crippen LogP contribution is -2.18. The predicted molar refractivity (Wildman–Crippen MR) is 116 cm³/mol. The van der Waals surface area contributed by atoms with Crippen LogP contribution < -0.4 is 19.1 Å². The number of hydrogen-bond donors (Lipinski definition) is 1. The molecular weight excluding hydrogens is 370 g/mol. The second-order valence-electron chi connectivity index (χ2n) is 6.13. The molecule has 0 fully saturated rings. The highest BCUT2D eigenvalue weighted by atomic mass is 32.2. The van der Waals surface area contributed by atoms with Crippen LogP contribution in [-0.2, 0) is 0 Å². The lowest BCUT2D eigenvalue weighted by molar-refractivity contribution is 0.405. The topological polar surface area (TPSA) is 46.1 Å². The van der Waals surface area contributed by atoms with E-state index in [-0.39, 0.29) is 6.17 Å². The van der Waals surface area contributed by atoms with E-state index in [1.54, 1.807) is 26.2 Å². The fourth-order valence-corrected chi connectivity index (χ4v) is 4.11. The van der Waals surface area contributed by atoms with Crippen molar-refractivity contribution >= 4 is 28.5 Å². The molecule has 0 aromatic heterocycles. The van der Waals surface area contributed by atoms with E-state index < -0.39 is 0 Å². The van der Waals surface area contributed by atoms with E-state index in [9.17, 15) is 0 Å². The summed E-state index contributed by atoms with van der Waals surface area (Å²) >= 11 is 1.55. The first-order chi connectivity index (χ1) is 13.8. The summed E-state index contributed by atoms with van der Waals surface area (Å²) in [6.07, 6.45) is -0.247. The van der Waals surface area contributed by atoms with Crippen LogP contribution in [-0.4, -0.2) is 19.4 Å². The Balaban J connectivity index is 1.74. The Morgan fingerprint density at radius 1 is 0.821 bits per heavy atom. The van der Waals surface area contributed by atoms with Gasteiger partial charge in [0.25, 0.3) is 0 Å². The smallest absolute Gasteiger partial charge is 0.184 e. The fraction of sp³-hybridized carbons (Fsp3) is 0.136. The Morgan fingerprint density at radius 2 is 1.46 bits per heavy atom. The third kappa shape index (κ3) is 3.64. The first-order valence-corrected chi connectivity index (χ1v) is 9.70. The van der Waals surface area contributed by atoms with Gasteiger partial charge in [-0.2, -0.15) is 0 Å². The fourth-order valence-electron chi connectivity index (χ4n) is 3.10.